The molecule has 3 aromatic rings. The maximum absolute atomic E-state index is 12.7. The van der Waals surface area contributed by atoms with E-state index in [-0.39, 0.29) is 10.0 Å². The predicted molar refractivity (Wildman–Crippen MR) is 88.3 cm³/mol. The number of rotatable bonds is 3. The molecule has 0 bridgehead atoms. The van der Waals surface area contributed by atoms with Gasteiger partial charge in [0, 0.05) is 7.05 Å². The molecular weight excluding hydrogens is 386 g/mol. The fraction of sp³-hybridized carbons (Fsp3) is 0.143. The Balaban J connectivity index is 2.19. The van der Waals surface area contributed by atoms with E-state index >= 15 is 0 Å². The van der Waals surface area contributed by atoms with Crippen LogP contribution >= 0.6 is 27.3 Å². The molecule has 0 aliphatic carbocycles. The second-order valence-corrected chi connectivity index (χ2v) is 9.35. The topological polar surface area (TPSA) is 75.8 Å². The minimum Gasteiger partial charge on any atom is -0.329 e. The van der Waals surface area contributed by atoms with Crippen LogP contribution in [0.3, 0.4) is 0 Å². The van der Waals surface area contributed by atoms with Crippen molar-refractivity contribution >= 4 is 48.1 Å². The van der Waals surface area contributed by atoms with Crippen molar-refractivity contribution in [2.24, 2.45) is 7.05 Å². The van der Waals surface area contributed by atoms with Gasteiger partial charge in [0.25, 0.3) is 0 Å². The summed E-state index contributed by atoms with van der Waals surface area (Å²) in [5, 5.41) is 8.11. The van der Waals surface area contributed by atoms with E-state index in [0.717, 1.165) is 16.9 Å². The average molecular weight is 396 g/mol. The second-order valence-electron chi connectivity index (χ2n) is 4.63. The van der Waals surface area contributed by atoms with E-state index in [1.54, 1.807) is 23.7 Å². The zero-order chi connectivity index (χ0) is 15.9. The zero-order valence-electron chi connectivity index (χ0n) is 11.4. The van der Waals surface area contributed by atoms with Crippen LogP contribution in [0.2, 0.25) is 0 Å². The molecule has 0 aliphatic rings. The minimum absolute atomic E-state index is 0.151. The maximum atomic E-state index is 12.7. The number of nitrogens with zero attached hydrogens (tertiary/aromatic N) is 3. The Morgan fingerprint density at radius 2 is 2.05 bits per heavy atom. The van der Waals surface area contributed by atoms with Crippen LogP contribution in [-0.2, 0) is 16.9 Å². The lowest BCUT2D eigenvalue weighted by Gasteiger charge is -2.09. The third-order valence-electron chi connectivity index (χ3n) is 3.31. The number of aromatic nitrogens is 2. The van der Waals surface area contributed by atoms with Crippen molar-refractivity contribution in [3.63, 3.8) is 0 Å². The highest BCUT2D eigenvalue weighted by atomic mass is 79.9. The Morgan fingerprint density at radius 1 is 1.32 bits per heavy atom. The van der Waals surface area contributed by atoms with Gasteiger partial charge in [-0.05, 0) is 40.2 Å². The lowest BCUT2D eigenvalue weighted by Crippen LogP contribution is -2.15. The first-order valence-electron chi connectivity index (χ1n) is 6.25. The summed E-state index contributed by atoms with van der Waals surface area (Å²) in [7, 11) is -2.09. The molecule has 0 amide bonds. The molecule has 0 N–H and O–H groups in total. The summed E-state index contributed by atoms with van der Waals surface area (Å²) in [6, 6.07) is 12.3. The van der Waals surface area contributed by atoms with Gasteiger partial charge >= 0.3 is 0 Å². The molecule has 2 aromatic heterocycles. The lowest BCUT2D eigenvalue weighted by molar-refractivity contribution is 0.589. The van der Waals surface area contributed by atoms with Crippen LogP contribution in [0, 0.1) is 11.3 Å². The molecule has 0 spiro atoms. The van der Waals surface area contributed by atoms with Crippen molar-refractivity contribution in [3.05, 3.63) is 46.0 Å². The van der Waals surface area contributed by atoms with Gasteiger partial charge in [-0.3, -0.25) is 0 Å². The third kappa shape index (κ3) is 2.35. The molecule has 22 heavy (non-hydrogen) atoms. The first-order valence-corrected chi connectivity index (χ1v) is 9.41. The Morgan fingerprint density at radius 3 is 2.64 bits per heavy atom. The van der Waals surface area contributed by atoms with Gasteiger partial charge in [0.1, 0.15) is 10.0 Å². The molecule has 1 atom stereocenters. The second kappa shape index (κ2) is 5.50. The summed E-state index contributed by atoms with van der Waals surface area (Å²) in [6.07, 6.45) is 0. The molecule has 112 valence electrons. The standard InChI is InChI=1S/C14H10BrN3O2S2/c1-18-10-5-3-2-4-9(10)17-14(18)11(8-16)22(19,20)13-7-6-12(15)21-13/h2-7,11H,1H3/t11-/m1/s1. The number of hydrogen-bond acceptors (Lipinski definition) is 5. The molecule has 5 nitrogen and oxygen atoms in total. The first kappa shape index (κ1) is 15.2. The molecule has 0 unspecified atom stereocenters. The smallest absolute Gasteiger partial charge is 0.211 e. The number of sulfone groups is 1. The SMILES string of the molecule is Cn1c([C@@H](C#N)S(=O)(=O)c2ccc(Br)s2)nc2ccccc21. The number of thiophene rings is 1. The summed E-state index contributed by atoms with van der Waals surface area (Å²) in [6.45, 7) is 0. The summed E-state index contributed by atoms with van der Waals surface area (Å²) in [4.78, 5) is 4.34. The van der Waals surface area contributed by atoms with E-state index in [1.807, 2.05) is 24.3 Å². The molecule has 3 rings (SSSR count). The van der Waals surface area contributed by atoms with Crippen molar-refractivity contribution in [2.45, 2.75) is 9.46 Å². The van der Waals surface area contributed by atoms with E-state index in [0.29, 0.717) is 9.30 Å². The molecule has 0 fully saturated rings. The number of hydrogen-bond donors (Lipinski definition) is 0. The molecule has 0 aliphatic heterocycles. The summed E-state index contributed by atoms with van der Waals surface area (Å²) in [5.74, 6) is 0.230. The maximum Gasteiger partial charge on any atom is 0.211 e. The van der Waals surface area contributed by atoms with Crippen LogP contribution in [0.5, 0.6) is 0 Å². The lowest BCUT2D eigenvalue weighted by atomic mass is 10.3. The van der Waals surface area contributed by atoms with Crippen LogP contribution in [0.1, 0.15) is 11.1 Å². The predicted octanol–water partition coefficient (Wildman–Crippen LogP) is 3.44. The molecule has 2 heterocycles. The highest BCUT2D eigenvalue weighted by Gasteiger charge is 2.34. The van der Waals surface area contributed by atoms with E-state index in [1.165, 1.54) is 6.07 Å². The van der Waals surface area contributed by atoms with Crippen molar-refractivity contribution in [2.75, 3.05) is 0 Å². The van der Waals surface area contributed by atoms with Gasteiger partial charge < -0.3 is 4.57 Å². The van der Waals surface area contributed by atoms with Gasteiger partial charge in [-0.25, -0.2) is 13.4 Å². The van der Waals surface area contributed by atoms with Crippen LogP contribution in [0.4, 0.5) is 0 Å². The van der Waals surface area contributed by atoms with E-state index in [2.05, 4.69) is 20.9 Å². The Bertz CT molecular complexity index is 999. The van der Waals surface area contributed by atoms with Gasteiger partial charge in [-0.15, -0.1) is 11.3 Å². The Kier molecular flexibility index (Phi) is 3.80. The molecular formula is C14H10BrN3O2S2. The zero-order valence-corrected chi connectivity index (χ0v) is 14.6. The number of fused-ring (bicyclic) bond motifs is 1. The Labute approximate surface area is 139 Å². The number of benzene rings is 1. The van der Waals surface area contributed by atoms with Crippen molar-refractivity contribution in [1.29, 1.82) is 5.26 Å². The van der Waals surface area contributed by atoms with Gasteiger partial charge in [-0.1, -0.05) is 12.1 Å². The van der Waals surface area contributed by atoms with Gasteiger partial charge in [0.15, 0.2) is 0 Å². The van der Waals surface area contributed by atoms with E-state index in [9.17, 15) is 13.7 Å². The number of aryl methyl sites for hydroxylation is 1. The summed E-state index contributed by atoms with van der Waals surface area (Å²) >= 11 is 4.33. The highest BCUT2D eigenvalue weighted by Crippen LogP contribution is 2.34. The normalized spacial score (nSPS) is 13.1. The fourth-order valence-electron chi connectivity index (χ4n) is 2.23. The van der Waals surface area contributed by atoms with Gasteiger partial charge in [0.2, 0.25) is 15.1 Å². The third-order valence-corrected chi connectivity index (χ3v) is 7.31. The number of nitriles is 1. The monoisotopic (exact) mass is 395 g/mol. The molecule has 1 aromatic carbocycles. The molecule has 8 heteroatoms. The molecule has 0 saturated heterocycles. The minimum atomic E-state index is -3.81. The van der Waals surface area contributed by atoms with Crippen molar-refractivity contribution in [3.8, 4) is 6.07 Å². The number of imidazole rings is 1. The van der Waals surface area contributed by atoms with Gasteiger partial charge in [-0.2, -0.15) is 5.26 Å². The largest absolute Gasteiger partial charge is 0.329 e. The van der Waals surface area contributed by atoms with Crippen molar-refractivity contribution in [1.82, 2.24) is 9.55 Å². The van der Waals surface area contributed by atoms with Crippen molar-refractivity contribution < 1.29 is 8.42 Å². The van der Waals surface area contributed by atoms with Crippen LogP contribution in [0.25, 0.3) is 11.0 Å². The van der Waals surface area contributed by atoms with E-state index in [4.69, 9.17) is 0 Å². The van der Waals surface area contributed by atoms with E-state index < -0.39 is 15.1 Å². The molecule has 0 saturated carbocycles. The molecule has 0 radical (unpaired) electrons. The highest BCUT2D eigenvalue weighted by molar-refractivity contribution is 9.11. The van der Waals surface area contributed by atoms with Crippen LogP contribution in [0.15, 0.2) is 44.4 Å². The van der Waals surface area contributed by atoms with Gasteiger partial charge in [0.05, 0.1) is 20.9 Å². The fourth-order valence-corrected chi connectivity index (χ4v) is 5.81. The quantitative estimate of drug-likeness (QED) is 0.680. The average Bonchev–Trinajstić information content (AvgIpc) is 3.06. The summed E-state index contributed by atoms with van der Waals surface area (Å²) in [5.41, 5.74) is 1.46. The number of para-hydroxylation sites is 2. The van der Waals surface area contributed by atoms with Crippen LogP contribution in [-0.4, -0.2) is 18.0 Å². The first-order chi connectivity index (χ1) is 10.4. The van der Waals surface area contributed by atoms with Crippen LogP contribution < -0.4 is 0 Å². The summed E-state index contributed by atoms with van der Waals surface area (Å²) < 4.78 is 27.9. The number of halogens is 1. The Hall–Kier alpha value is -1.69.